The summed E-state index contributed by atoms with van der Waals surface area (Å²) < 4.78 is 0.949. The van der Waals surface area contributed by atoms with Gasteiger partial charge in [-0.3, -0.25) is 4.79 Å². The molecule has 0 unspecified atom stereocenters. The van der Waals surface area contributed by atoms with E-state index in [1.54, 1.807) is 6.07 Å². The minimum Gasteiger partial charge on any atom is -0.366 e. The van der Waals surface area contributed by atoms with E-state index in [0.717, 1.165) is 26.4 Å². The predicted octanol–water partition coefficient (Wildman–Crippen LogP) is 4.37. The van der Waals surface area contributed by atoms with E-state index in [2.05, 4.69) is 40.2 Å². The van der Waals surface area contributed by atoms with Gasteiger partial charge in [-0.25, -0.2) is 0 Å². The Kier molecular flexibility index (Phi) is 3.28. The van der Waals surface area contributed by atoms with Gasteiger partial charge in [0.1, 0.15) is 0 Å². The first kappa shape index (κ1) is 12.9. The Morgan fingerprint density at radius 3 is 2.15 bits per heavy atom. The molecular weight excluding hydrogens is 314 g/mol. The topological polar surface area (TPSA) is 43.1 Å². The van der Waals surface area contributed by atoms with E-state index in [1.807, 2.05) is 30.3 Å². The number of rotatable bonds is 2. The molecule has 3 aromatic carbocycles. The average Bonchev–Trinajstić information content (AvgIpc) is 2.46. The van der Waals surface area contributed by atoms with Crippen LogP contribution < -0.4 is 5.73 Å². The van der Waals surface area contributed by atoms with Gasteiger partial charge < -0.3 is 5.73 Å². The fraction of sp³-hybridized carbons (Fsp3) is 0. The maximum absolute atomic E-state index is 11.6. The summed E-state index contributed by atoms with van der Waals surface area (Å²) in [6.45, 7) is 0. The van der Waals surface area contributed by atoms with Crippen molar-refractivity contribution < 1.29 is 4.79 Å². The van der Waals surface area contributed by atoms with E-state index < -0.39 is 5.91 Å². The van der Waals surface area contributed by atoms with E-state index >= 15 is 0 Å². The number of amides is 1. The van der Waals surface area contributed by atoms with Gasteiger partial charge >= 0.3 is 0 Å². The minimum absolute atomic E-state index is 0.416. The maximum atomic E-state index is 11.6. The summed E-state index contributed by atoms with van der Waals surface area (Å²) in [5, 5.41) is 2.28. The van der Waals surface area contributed by atoms with Gasteiger partial charge in [-0.15, -0.1) is 0 Å². The van der Waals surface area contributed by atoms with Crippen molar-refractivity contribution in [2.75, 3.05) is 0 Å². The van der Waals surface area contributed by atoms with Crippen molar-refractivity contribution in [3.05, 3.63) is 70.7 Å². The number of benzene rings is 3. The second-order valence-corrected chi connectivity index (χ2v) is 5.44. The monoisotopic (exact) mass is 325 g/mol. The lowest BCUT2D eigenvalue weighted by molar-refractivity contribution is 0.100. The molecule has 2 N–H and O–H groups in total. The van der Waals surface area contributed by atoms with Crippen LogP contribution in [0.1, 0.15) is 10.4 Å². The summed E-state index contributed by atoms with van der Waals surface area (Å²) in [6, 6.07) is 19.6. The molecule has 20 heavy (non-hydrogen) atoms. The Hall–Kier alpha value is -2.13. The van der Waals surface area contributed by atoms with Crippen molar-refractivity contribution >= 4 is 32.6 Å². The lowest BCUT2D eigenvalue weighted by Crippen LogP contribution is -2.12. The molecule has 0 saturated heterocycles. The summed E-state index contributed by atoms with van der Waals surface area (Å²) in [6.07, 6.45) is 0. The van der Waals surface area contributed by atoms with Crippen LogP contribution in [0.4, 0.5) is 0 Å². The molecule has 2 nitrogen and oxygen atoms in total. The van der Waals surface area contributed by atoms with Crippen LogP contribution in [0.3, 0.4) is 0 Å². The van der Waals surface area contributed by atoms with Crippen LogP contribution >= 0.6 is 15.9 Å². The van der Waals surface area contributed by atoms with Crippen molar-refractivity contribution in [1.82, 2.24) is 0 Å². The predicted molar refractivity (Wildman–Crippen MR) is 85.6 cm³/mol. The van der Waals surface area contributed by atoms with E-state index in [4.69, 9.17) is 5.73 Å². The Bertz CT molecular complexity index is 811. The summed E-state index contributed by atoms with van der Waals surface area (Å²) in [7, 11) is 0. The molecule has 0 fully saturated rings. The van der Waals surface area contributed by atoms with Gasteiger partial charge in [0.2, 0.25) is 5.91 Å². The van der Waals surface area contributed by atoms with E-state index in [1.165, 1.54) is 0 Å². The standard InChI is InChI=1S/C17H12BrNO/c18-16-10-12-6-2-1-5-11(12)9-15(16)13-7-3-4-8-14(13)17(19)20/h1-10H,(H2,19,20). The zero-order valence-electron chi connectivity index (χ0n) is 10.6. The molecule has 0 saturated carbocycles. The van der Waals surface area contributed by atoms with E-state index in [0.29, 0.717) is 5.56 Å². The Labute approximate surface area is 125 Å². The largest absolute Gasteiger partial charge is 0.366 e. The second-order valence-electron chi connectivity index (χ2n) is 4.59. The highest BCUT2D eigenvalue weighted by molar-refractivity contribution is 9.10. The van der Waals surface area contributed by atoms with Crippen LogP contribution in [-0.4, -0.2) is 5.91 Å². The molecule has 3 heteroatoms. The van der Waals surface area contributed by atoms with Gasteiger partial charge in [-0.05, 0) is 40.1 Å². The number of carbonyl (C=O) groups excluding carboxylic acids is 1. The Morgan fingerprint density at radius 2 is 1.45 bits per heavy atom. The number of hydrogen-bond donors (Lipinski definition) is 1. The fourth-order valence-corrected chi connectivity index (χ4v) is 2.93. The second kappa shape index (κ2) is 5.10. The highest BCUT2D eigenvalue weighted by atomic mass is 79.9. The molecule has 0 aromatic heterocycles. The summed E-state index contributed by atoms with van der Waals surface area (Å²) in [5.41, 5.74) is 7.81. The Morgan fingerprint density at radius 1 is 0.850 bits per heavy atom. The number of carbonyl (C=O) groups is 1. The third-order valence-corrected chi connectivity index (χ3v) is 3.97. The lowest BCUT2D eigenvalue weighted by atomic mass is 9.97. The highest BCUT2D eigenvalue weighted by Crippen LogP contribution is 2.34. The van der Waals surface area contributed by atoms with Gasteiger partial charge in [-0.1, -0.05) is 58.4 Å². The van der Waals surface area contributed by atoms with Crippen molar-refractivity contribution in [1.29, 1.82) is 0 Å². The molecule has 0 atom stereocenters. The van der Waals surface area contributed by atoms with Crippen LogP contribution in [-0.2, 0) is 0 Å². The quantitative estimate of drug-likeness (QED) is 0.747. The lowest BCUT2D eigenvalue weighted by Gasteiger charge is -2.10. The molecule has 0 bridgehead atoms. The summed E-state index contributed by atoms with van der Waals surface area (Å²) >= 11 is 3.59. The number of fused-ring (bicyclic) bond motifs is 1. The SMILES string of the molecule is NC(=O)c1ccccc1-c1cc2ccccc2cc1Br. The molecule has 0 aliphatic rings. The Balaban J connectivity index is 2.29. The van der Waals surface area contributed by atoms with Crippen LogP contribution in [0.5, 0.6) is 0 Å². The number of hydrogen-bond acceptors (Lipinski definition) is 1. The maximum Gasteiger partial charge on any atom is 0.249 e. The number of primary amides is 1. The summed E-state index contributed by atoms with van der Waals surface area (Å²) in [4.78, 5) is 11.6. The van der Waals surface area contributed by atoms with Crippen LogP contribution in [0.2, 0.25) is 0 Å². The van der Waals surface area contributed by atoms with Crippen molar-refractivity contribution in [2.45, 2.75) is 0 Å². The van der Waals surface area contributed by atoms with Gasteiger partial charge in [0, 0.05) is 10.0 Å². The first-order valence-corrected chi connectivity index (χ1v) is 7.03. The molecule has 0 heterocycles. The average molecular weight is 326 g/mol. The van der Waals surface area contributed by atoms with Gasteiger partial charge in [-0.2, -0.15) is 0 Å². The molecule has 0 aliphatic carbocycles. The van der Waals surface area contributed by atoms with Crippen LogP contribution in [0.25, 0.3) is 21.9 Å². The van der Waals surface area contributed by atoms with Crippen molar-refractivity contribution in [3.8, 4) is 11.1 Å². The minimum atomic E-state index is -0.416. The summed E-state index contributed by atoms with van der Waals surface area (Å²) in [5.74, 6) is -0.416. The number of nitrogens with two attached hydrogens (primary N) is 1. The zero-order chi connectivity index (χ0) is 14.1. The normalized spacial score (nSPS) is 10.7. The fourth-order valence-electron chi connectivity index (χ4n) is 2.35. The van der Waals surface area contributed by atoms with Gasteiger partial charge in [0.15, 0.2) is 0 Å². The molecule has 0 radical (unpaired) electrons. The molecule has 3 rings (SSSR count). The third-order valence-electron chi connectivity index (χ3n) is 3.32. The van der Waals surface area contributed by atoms with E-state index in [9.17, 15) is 4.79 Å². The molecule has 98 valence electrons. The van der Waals surface area contributed by atoms with E-state index in [-0.39, 0.29) is 0 Å². The van der Waals surface area contributed by atoms with Crippen LogP contribution in [0, 0.1) is 0 Å². The molecule has 0 aliphatic heterocycles. The van der Waals surface area contributed by atoms with Crippen LogP contribution in [0.15, 0.2) is 65.1 Å². The molecular formula is C17H12BrNO. The van der Waals surface area contributed by atoms with Crippen molar-refractivity contribution in [3.63, 3.8) is 0 Å². The van der Waals surface area contributed by atoms with Gasteiger partial charge in [0.25, 0.3) is 0 Å². The molecule has 1 amide bonds. The zero-order valence-corrected chi connectivity index (χ0v) is 12.2. The molecule has 0 spiro atoms. The number of halogens is 1. The third kappa shape index (κ3) is 2.21. The molecule has 3 aromatic rings. The van der Waals surface area contributed by atoms with Crippen molar-refractivity contribution in [2.24, 2.45) is 5.73 Å². The highest BCUT2D eigenvalue weighted by Gasteiger charge is 2.12. The first-order valence-electron chi connectivity index (χ1n) is 6.24. The van der Waals surface area contributed by atoms with Gasteiger partial charge in [0.05, 0.1) is 0 Å². The first-order chi connectivity index (χ1) is 9.66. The smallest absolute Gasteiger partial charge is 0.249 e.